The Balaban J connectivity index is 1.98. The van der Waals surface area contributed by atoms with Crippen molar-refractivity contribution in [3.05, 3.63) is 35.4 Å². The van der Waals surface area contributed by atoms with E-state index in [1.807, 2.05) is 0 Å². The second-order valence-electron chi connectivity index (χ2n) is 6.67. The van der Waals surface area contributed by atoms with Gasteiger partial charge in [0.05, 0.1) is 6.04 Å². The second kappa shape index (κ2) is 9.11. The van der Waals surface area contributed by atoms with Crippen LogP contribution in [0.5, 0.6) is 0 Å². The summed E-state index contributed by atoms with van der Waals surface area (Å²) in [7, 11) is 0. The molecule has 0 bridgehead atoms. The molecule has 5 heteroatoms. The third-order valence-corrected chi connectivity index (χ3v) is 5.21. The fraction of sp³-hybridized carbons (Fsp3) is 0.579. The molecule has 2 rings (SSSR count). The van der Waals surface area contributed by atoms with Gasteiger partial charge in [-0.2, -0.15) is 0 Å². The van der Waals surface area contributed by atoms with Crippen LogP contribution in [-0.4, -0.2) is 34.9 Å². The molecule has 1 aliphatic rings. The highest BCUT2D eigenvalue weighted by molar-refractivity contribution is 8.13. The molecule has 1 aromatic rings. The van der Waals surface area contributed by atoms with Gasteiger partial charge in [-0.05, 0) is 29.9 Å². The number of hydrogen-bond acceptors (Lipinski definition) is 3. The van der Waals surface area contributed by atoms with E-state index in [0.29, 0.717) is 12.5 Å². The number of thioether (sulfide) groups is 1. The number of carbonyl (C=O) groups excluding carboxylic acids is 2. The zero-order chi connectivity index (χ0) is 17.5. The maximum atomic E-state index is 12.3. The molecule has 1 unspecified atom stereocenters. The number of nitrogens with one attached hydrogen (secondary N) is 1. The lowest BCUT2D eigenvalue weighted by Gasteiger charge is -2.24. The third kappa shape index (κ3) is 5.26. The summed E-state index contributed by atoms with van der Waals surface area (Å²) in [4.78, 5) is 25.6. The van der Waals surface area contributed by atoms with Crippen molar-refractivity contribution in [2.24, 2.45) is 5.92 Å². The number of hydrogen-bond donors (Lipinski definition) is 1. The van der Waals surface area contributed by atoms with Gasteiger partial charge < -0.3 is 10.2 Å². The average Bonchev–Trinajstić information content (AvgIpc) is 2.96. The van der Waals surface area contributed by atoms with E-state index in [1.54, 1.807) is 4.90 Å². The summed E-state index contributed by atoms with van der Waals surface area (Å²) >= 11 is 1.28. The van der Waals surface area contributed by atoms with E-state index in [4.69, 9.17) is 0 Å². The molecule has 0 saturated carbocycles. The molecule has 2 amide bonds. The number of unbranched alkanes of at least 4 members (excludes halogenated alkanes) is 1. The van der Waals surface area contributed by atoms with Gasteiger partial charge >= 0.3 is 0 Å². The summed E-state index contributed by atoms with van der Waals surface area (Å²) in [6, 6.07) is 8.53. The average molecular weight is 349 g/mol. The molecule has 1 fully saturated rings. The van der Waals surface area contributed by atoms with Gasteiger partial charge in [-0.15, -0.1) is 0 Å². The van der Waals surface area contributed by atoms with Crippen molar-refractivity contribution in [3.63, 3.8) is 0 Å². The quantitative estimate of drug-likeness (QED) is 0.772. The summed E-state index contributed by atoms with van der Waals surface area (Å²) in [6.07, 6.45) is 3.50. The van der Waals surface area contributed by atoms with Gasteiger partial charge in [-0.1, -0.05) is 63.2 Å². The predicted octanol–water partition coefficient (Wildman–Crippen LogP) is 4.01. The fourth-order valence-electron chi connectivity index (χ4n) is 2.87. The molecule has 4 nitrogen and oxygen atoms in total. The smallest absolute Gasteiger partial charge is 0.282 e. The van der Waals surface area contributed by atoms with Gasteiger partial charge in [0.1, 0.15) is 6.54 Å². The number of nitrogens with zero attached hydrogens (tertiary/aromatic N) is 1. The maximum absolute atomic E-state index is 12.3. The lowest BCUT2D eigenvalue weighted by atomic mass is 9.94. The van der Waals surface area contributed by atoms with Crippen LogP contribution in [0.4, 0.5) is 4.79 Å². The standard InChI is InChI=1S/C19H28N2O2S/c1-4-5-6-15-7-9-16(10-8-15)18(14(2)3)20-17(22)13-21-11-12-24-19(21)23/h7-10,14,18H,4-6,11-13H2,1-3H3,(H,20,22). The van der Waals surface area contributed by atoms with Crippen molar-refractivity contribution in [1.82, 2.24) is 10.2 Å². The zero-order valence-electron chi connectivity index (χ0n) is 14.9. The SMILES string of the molecule is CCCCc1ccc(C(NC(=O)CN2CCSC2=O)C(C)C)cc1. The minimum atomic E-state index is -0.0837. The number of carbonyl (C=O) groups is 2. The molecule has 0 radical (unpaired) electrons. The van der Waals surface area contributed by atoms with E-state index in [0.717, 1.165) is 17.7 Å². The van der Waals surface area contributed by atoms with Gasteiger partial charge in [0.25, 0.3) is 5.24 Å². The van der Waals surface area contributed by atoms with Crippen molar-refractivity contribution < 1.29 is 9.59 Å². The van der Waals surface area contributed by atoms with E-state index < -0.39 is 0 Å². The van der Waals surface area contributed by atoms with E-state index >= 15 is 0 Å². The molecular weight excluding hydrogens is 320 g/mol. The number of amides is 2. The van der Waals surface area contributed by atoms with Crippen molar-refractivity contribution in [1.29, 1.82) is 0 Å². The van der Waals surface area contributed by atoms with Crippen LogP contribution in [0, 0.1) is 5.92 Å². The van der Waals surface area contributed by atoms with Gasteiger partial charge in [0.2, 0.25) is 5.91 Å². The first-order valence-electron chi connectivity index (χ1n) is 8.81. The Labute approximate surface area is 149 Å². The van der Waals surface area contributed by atoms with E-state index in [-0.39, 0.29) is 23.7 Å². The second-order valence-corrected chi connectivity index (χ2v) is 7.72. The predicted molar refractivity (Wildman–Crippen MR) is 100 cm³/mol. The van der Waals surface area contributed by atoms with Gasteiger partial charge in [-0.3, -0.25) is 9.59 Å². The topological polar surface area (TPSA) is 49.4 Å². The Morgan fingerprint density at radius 2 is 2.00 bits per heavy atom. The van der Waals surface area contributed by atoms with Crippen molar-refractivity contribution >= 4 is 22.9 Å². The van der Waals surface area contributed by atoms with Crippen molar-refractivity contribution in [2.75, 3.05) is 18.8 Å². The van der Waals surface area contributed by atoms with Gasteiger partial charge in [0, 0.05) is 12.3 Å². The highest BCUT2D eigenvalue weighted by Gasteiger charge is 2.25. The summed E-state index contributed by atoms with van der Waals surface area (Å²) in [5, 5.41) is 3.11. The monoisotopic (exact) mass is 348 g/mol. The van der Waals surface area contributed by atoms with Crippen molar-refractivity contribution in [3.8, 4) is 0 Å². The van der Waals surface area contributed by atoms with E-state index in [1.165, 1.54) is 30.2 Å². The first-order chi connectivity index (χ1) is 11.5. The fourth-order valence-corrected chi connectivity index (χ4v) is 3.69. The maximum Gasteiger partial charge on any atom is 0.282 e. The van der Waals surface area contributed by atoms with Crippen LogP contribution >= 0.6 is 11.8 Å². The van der Waals surface area contributed by atoms with Crippen LogP contribution in [0.2, 0.25) is 0 Å². The molecule has 1 N–H and O–H groups in total. The van der Waals surface area contributed by atoms with Crippen molar-refractivity contribution in [2.45, 2.75) is 46.1 Å². The molecule has 1 aromatic carbocycles. The molecule has 24 heavy (non-hydrogen) atoms. The van der Waals surface area contributed by atoms with E-state index in [9.17, 15) is 9.59 Å². The lowest BCUT2D eigenvalue weighted by Crippen LogP contribution is -2.40. The van der Waals surface area contributed by atoms with Gasteiger partial charge in [0.15, 0.2) is 0 Å². The Morgan fingerprint density at radius 3 is 2.54 bits per heavy atom. The van der Waals surface area contributed by atoms with Crippen LogP contribution in [0.25, 0.3) is 0 Å². The Hall–Kier alpha value is -1.49. The first kappa shape index (κ1) is 18.8. The Bertz CT molecular complexity index is 557. The summed E-state index contributed by atoms with van der Waals surface area (Å²) in [5.41, 5.74) is 2.47. The molecule has 1 heterocycles. The molecule has 0 spiro atoms. The molecule has 132 valence electrons. The van der Waals surface area contributed by atoms with Crippen LogP contribution in [0.15, 0.2) is 24.3 Å². The minimum Gasteiger partial charge on any atom is -0.347 e. The summed E-state index contributed by atoms with van der Waals surface area (Å²) < 4.78 is 0. The number of rotatable bonds is 8. The third-order valence-electron chi connectivity index (χ3n) is 4.32. The molecule has 1 aliphatic heterocycles. The largest absolute Gasteiger partial charge is 0.347 e. The highest BCUT2D eigenvalue weighted by atomic mass is 32.2. The Kier molecular flexibility index (Phi) is 7.16. The van der Waals surface area contributed by atoms with Crippen LogP contribution in [0.1, 0.15) is 50.8 Å². The zero-order valence-corrected chi connectivity index (χ0v) is 15.7. The highest BCUT2D eigenvalue weighted by Crippen LogP contribution is 2.23. The summed E-state index contributed by atoms with van der Waals surface area (Å²) in [6.45, 7) is 7.22. The molecule has 1 saturated heterocycles. The first-order valence-corrected chi connectivity index (χ1v) is 9.79. The minimum absolute atomic E-state index is 0.00604. The normalized spacial score (nSPS) is 15.8. The van der Waals surface area contributed by atoms with Crippen LogP contribution in [0.3, 0.4) is 0 Å². The molecule has 1 atom stereocenters. The number of aryl methyl sites for hydroxylation is 1. The van der Waals surface area contributed by atoms with E-state index in [2.05, 4.69) is 50.4 Å². The molecule has 0 aliphatic carbocycles. The molecular formula is C19H28N2O2S. The number of benzene rings is 1. The molecule has 0 aromatic heterocycles. The van der Waals surface area contributed by atoms with Crippen LogP contribution < -0.4 is 5.32 Å². The summed E-state index contributed by atoms with van der Waals surface area (Å²) in [5.74, 6) is 0.984. The lowest BCUT2D eigenvalue weighted by molar-refractivity contribution is -0.122. The van der Waals surface area contributed by atoms with Gasteiger partial charge in [-0.25, -0.2) is 0 Å². The van der Waals surface area contributed by atoms with Crippen LogP contribution in [-0.2, 0) is 11.2 Å². The Morgan fingerprint density at radius 1 is 1.29 bits per heavy atom.